The van der Waals surface area contributed by atoms with Crippen molar-refractivity contribution in [3.63, 3.8) is 0 Å². The quantitative estimate of drug-likeness (QED) is 0.468. The molecule has 2 unspecified atom stereocenters. The summed E-state index contributed by atoms with van der Waals surface area (Å²) in [4.78, 5) is 21.6. The van der Waals surface area contributed by atoms with E-state index in [1.54, 1.807) is 0 Å². The second-order valence-corrected chi connectivity index (χ2v) is 3.60. The molecule has 0 fully saturated rings. The summed E-state index contributed by atoms with van der Waals surface area (Å²) < 4.78 is 0. The summed E-state index contributed by atoms with van der Waals surface area (Å²) in [6.07, 6.45) is 0.470. The van der Waals surface area contributed by atoms with E-state index in [0.29, 0.717) is 0 Å². The second kappa shape index (κ2) is 5.82. The smallest absolute Gasteiger partial charge is 0.330 e. The number of ketones is 1. The van der Waals surface area contributed by atoms with Crippen LogP contribution in [0.1, 0.15) is 20.3 Å². The summed E-state index contributed by atoms with van der Waals surface area (Å²) >= 11 is 3.90. The minimum Gasteiger partial charge on any atom is -0.478 e. The summed E-state index contributed by atoms with van der Waals surface area (Å²) in [6, 6.07) is 0. The fourth-order valence-electron chi connectivity index (χ4n) is 0.731. The van der Waals surface area contributed by atoms with E-state index in [2.05, 4.69) is 12.6 Å². The van der Waals surface area contributed by atoms with E-state index in [-0.39, 0.29) is 17.8 Å². The van der Waals surface area contributed by atoms with Crippen molar-refractivity contribution in [1.29, 1.82) is 0 Å². The third-order valence-corrected chi connectivity index (χ3v) is 2.45. The number of aliphatic hydroxyl groups is 1. The van der Waals surface area contributed by atoms with E-state index in [9.17, 15) is 9.59 Å². The third kappa shape index (κ3) is 4.43. The molecule has 4 nitrogen and oxygen atoms in total. The number of hydrogen-bond donors (Lipinski definition) is 3. The van der Waals surface area contributed by atoms with Gasteiger partial charge in [0, 0.05) is 12.0 Å². The number of allylic oxidation sites excluding steroid dienone is 1. The molecule has 14 heavy (non-hydrogen) atoms. The number of hydrogen-bond acceptors (Lipinski definition) is 4. The van der Waals surface area contributed by atoms with Gasteiger partial charge in [-0.1, -0.05) is 6.08 Å². The monoisotopic (exact) mass is 218 g/mol. The molecule has 0 aliphatic heterocycles. The molecule has 0 spiro atoms. The molecule has 80 valence electrons. The molecule has 0 aliphatic carbocycles. The van der Waals surface area contributed by atoms with Gasteiger partial charge in [-0.2, -0.15) is 12.6 Å². The lowest BCUT2D eigenvalue weighted by Gasteiger charge is -2.10. The highest BCUT2D eigenvalue weighted by Crippen LogP contribution is 2.07. The molecule has 0 rings (SSSR count). The lowest BCUT2D eigenvalue weighted by Crippen LogP contribution is -2.26. The van der Waals surface area contributed by atoms with Gasteiger partial charge in [-0.15, -0.1) is 0 Å². The Balaban J connectivity index is 4.21. The van der Waals surface area contributed by atoms with Gasteiger partial charge < -0.3 is 10.2 Å². The van der Waals surface area contributed by atoms with Crippen molar-refractivity contribution in [3.05, 3.63) is 11.6 Å². The van der Waals surface area contributed by atoms with Gasteiger partial charge in [0.05, 0.1) is 11.4 Å². The first kappa shape index (κ1) is 13.2. The first-order chi connectivity index (χ1) is 6.36. The van der Waals surface area contributed by atoms with Crippen molar-refractivity contribution in [3.8, 4) is 0 Å². The predicted molar refractivity (Wildman–Crippen MR) is 55.5 cm³/mol. The van der Waals surface area contributed by atoms with Crippen molar-refractivity contribution < 1.29 is 19.8 Å². The van der Waals surface area contributed by atoms with E-state index < -0.39 is 17.3 Å². The molecule has 0 aromatic carbocycles. The lowest BCUT2D eigenvalue weighted by atomic mass is 10.1. The van der Waals surface area contributed by atoms with Crippen LogP contribution in [0.2, 0.25) is 0 Å². The van der Waals surface area contributed by atoms with Crippen LogP contribution >= 0.6 is 12.6 Å². The minimum atomic E-state index is -1.05. The average molecular weight is 218 g/mol. The first-order valence-electron chi connectivity index (χ1n) is 4.15. The molecule has 0 amide bonds. The van der Waals surface area contributed by atoms with Crippen LogP contribution in [-0.2, 0) is 9.59 Å². The number of Topliss-reactive ketones (excluding diaryl/α,β-unsaturated/α-hetero) is 1. The van der Waals surface area contributed by atoms with E-state index >= 15 is 0 Å². The minimum absolute atomic E-state index is 0.0167. The van der Waals surface area contributed by atoms with E-state index in [0.717, 1.165) is 0 Å². The molecule has 0 bridgehead atoms. The number of carbonyl (C=O) groups is 2. The van der Waals surface area contributed by atoms with Gasteiger partial charge >= 0.3 is 5.97 Å². The number of thiol groups is 1. The summed E-state index contributed by atoms with van der Waals surface area (Å²) in [5, 5.41) is 16.8. The van der Waals surface area contributed by atoms with Crippen LogP contribution in [0.3, 0.4) is 0 Å². The van der Waals surface area contributed by atoms with Gasteiger partial charge in [0.1, 0.15) is 0 Å². The highest BCUT2D eigenvalue weighted by atomic mass is 32.1. The number of rotatable bonds is 5. The number of carboxylic acids is 1. The first-order valence-corrected chi connectivity index (χ1v) is 4.66. The van der Waals surface area contributed by atoms with Crippen LogP contribution in [0, 0.1) is 0 Å². The number of carboxylic acid groups (broad SMARTS) is 1. The highest BCUT2D eigenvalue weighted by molar-refractivity contribution is 7.81. The van der Waals surface area contributed by atoms with Gasteiger partial charge in [0.25, 0.3) is 0 Å². The van der Waals surface area contributed by atoms with Crippen LogP contribution in [0.4, 0.5) is 0 Å². The molecule has 0 aromatic heterocycles. The average Bonchev–Trinajstić information content (AvgIpc) is 2.11. The second-order valence-electron chi connectivity index (χ2n) is 3.05. The lowest BCUT2D eigenvalue weighted by molar-refractivity contribution is -0.132. The van der Waals surface area contributed by atoms with Crippen molar-refractivity contribution in [2.45, 2.75) is 31.6 Å². The van der Waals surface area contributed by atoms with E-state index in [1.807, 2.05) is 0 Å². The standard InChI is InChI=1S/C9H14O4S/c1-5(9(12)13)3-4-7(11)8(14)6(2)10/h3,6,8,10,14H,4H2,1-2H3,(H,12,13). The summed E-state index contributed by atoms with van der Waals surface area (Å²) in [5.41, 5.74) is 0.115. The maximum Gasteiger partial charge on any atom is 0.330 e. The van der Waals surface area contributed by atoms with Crippen LogP contribution in [-0.4, -0.2) is 33.3 Å². The Morgan fingerprint density at radius 3 is 2.36 bits per heavy atom. The molecule has 2 atom stereocenters. The predicted octanol–water partition coefficient (Wildman–Crippen LogP) is 0.656. The van der Waals surface area contributed by atoms with Gasteiger partial charge in [-0.25, -0.2) is 4.79 Å². The highest BCUT2D eigenvalue weighted by Gasteiger charge is 2.17. The summed E-state index contributed by atoms with van der Waals surface area (Å²) in [5.74, 6) is -1.34. The molecular weight excluding hydrogens is 204 g/mol. The Morgan fingerprint density at radius 2 is 2.00 bits per heavy atom. The Kier molecular flexibility index (Phi) is 5.49. The van der Waals surface area contributed by atoms with Gasteiger partial charge in [-0.3, -0.25) is 4.79 Å². The number of carbonyl (C=O) groups excluding carboxylic acids is 1. The summed E-state index contributed by atoms with van der Waals surface area (Å²) in [6.45, 7) is 2.87. The SMILES string of the molecule is CC(=CCC(=O)C(S)C(C)O)C(=O)O. The molecule has 0 saturated carbocycles. The normalized spacial score (nSPS) is 16.1. The van der Waals surface area contributed by atoms with Crippen LogP contribution < -0.4 is 0 Å². The molecule has 0 radical (unpaired) electrons. The molecule has 0 heterocycles. The molecule has 0 saturated heterocycles. The van der Waals surface area contributed by atoms with Crippen LogP contribution in [0.5, 0.6) is 0 Å². The zero-order chi connectivity index (χ0) is 11.3. The maximum atomic E-state index is 11.2. The van der Waals surface area contributed by atoms with Crippen LogP contribution in [0.15, 0.2) is 11.6 Å². The Morgan fingerprint density at radius 1 is 1.50 bits per heavy atom. The largest absolute Gasteiger partial charge is 0.478 e. The van der Waals surface area contributed by atoms with Gasteiger partial charge in [0.2, 0.25) is 0 Å². The van der Waals surface area contributed by atoms with Crippen molar-refractivity contribution >= 4 is 24.4 Å². The van der Waals surface area contributed by atoms with Crippen LogP contribution in [0.25, 0.3) is 0 Å². The topological polar surface area (TPSA) is 74.6 Å². The van der Waals surface area contributed by atoms with Gasteiger partial charge in [0.15, 0.2) is 5.78 Å². The molecule has 5 heteroatoms. The Hall–Kier alpha value is -0.810. The molecule has 0 aromatic rings. The summed E-state index contributed by atoms with van der Waals surface area (Å²) in [7, 11) is 0. The number of aliphatic hydroxyl groups excluding tert-OH is 1. The maximum absolute atomic E-state index is 11.2. The Bertz CT molecular complexity index is 258. The van der Waals surface area contributed by atoms with E-state index in [4.69, 9.17) is 10.2 Å². The molecule has 2 N–H and O–H groups in total. The van der Waals surface area contributed by atoms with Crippen molar-refractivity contribution in [2.24, 2.45) is 0 Å². The fourth-order valence-corrected chi connectivity index (χ4v) is 0.836. The third-order valence-electron chi connectivity index (χ3n) is 1.73. The fraction of sp³-hybridized carbons (Fsp3) is 0.556. The van der Waals surface area contributed by atoms with Gasteiger partial charge in [-0.05, 0) is 13.8 Å². The van der Waals surface area contributed by atoms with Crippen molar-refractivity contribution in [1.82, 2.24) is 0 Å². The number of aliphatic carboxylic acids is 1. The Labute approximate surface area is 88.0 Å². The van der Waals surface area contributed by atoms with E-state index in [1.165, 1.54) is 19.9 Å². The zero-order valence-corrected chi connectivity index (χ0v) is 8.99. The molecule has 0 aliphatic rings. The van der Waals surface area contributed by atoms with Crippen molar-refractivity contribution in [2.75, 3.05) is 0 Å². The molecular formula is C9H14O4S. The zero-order valence-electron chi connectivity index (χ0n) is 8.10.